The van der Waals surface area contributed by atoms with Gasteiger partial charge in [0.2, 0.25) is 0 Å². The van der Waals surface area contributed by atoms with E-state index in [0.29, 0.717) is 18.8 Å². The highest BCUT2D eigenvalue weighted by molar-refractivity contribution is 5.93. The summed E-state index contributed by atoms with van der Waals surface area (Å²) < 4.78 is 5.85. The fourth-order valence-corrected chi connectivity index (χ4v) is 3.21. The maximum atomic E-state index is 11.3. The van der Waals surface area contributed by atoms with Gasteiger partial charge >= 0.3 is 5.97 Å². The number of carboxylic acids is 1. The minimum Gasteiger partial charge on any atom is -0.493 e. The fraction of sp³-hybridized carbons (Fsp3) is 0.217. The second-order valence-corrected chi connectivity index (χ2v) is 6.14. The minimum absolute atomic E-state index is 0.228. The largest absolute Gasteiger partial charge is 0.493 e. The number of rotatable bonds is 6. The van der Waals surface area contributed by atoms with E-state index in [4.69, 9.17) is 4.74 Å². The third-order valence-electron chi connectivity index (χ3n) is 4.63. The molecule has 2 aromatic rings. The maximum absolute atomic E-state index is 11.3. The Hall–Kier alpha value is -3.34. The van der Waals surface area contributed by atoms with Gasteiger partial charge in [-0.1, -0.05) is 30.9 Å². The molecule has 0 fully saturated rings. The van der Waals surface area contributed by atoms with Crippen molar-refractivity contribution < 1.29 is 14.6 Å². The van der Waals surface area contributed by atoms with Gasteiger partial charge in [-0.15, -0.1) is 13.2 Å². The number of hydrogen-bond donors (Lipinski definition) is 2. The molecule has 3 rings (SSSR count). The monoisotopic (exact) mass is 378 g/mol. The fourth-order valence-electron chi connectivity index (χ4n) is 3.21. The van der Waals surface area contributed by atoms with E-state index in [1.54, 1.807) is 6.20 Å². The van der Waals surface area contributed by atoms with E-state index in [1.165, 1.54) is 12.3 Å². The van der Waals surface area contributed by atoms with Crippen molar-refractivity contribution in [1.29, 1.82) is 0 Å². The van der Waals surface area contributed by atoms with Crippen molar-refractivity contribution in [1.82, 2.24) is 4.98 Å². The smallest absolute Gasteiger partial charge is 0.337 e. The van der Waals surface area contributed by atoms with E-state index in [0.717, 1.165) is 28.9 Å². The van der Waals surface area contributed by atoms with Crippen molar-refractivity contribution >= 4 is 17.2 Å². The first-order valence-corrected chi connectivity index (χ1v) is 9.11. The lowest BCUT2D eigenvalue weighted by Gasteiger charge is -2.27. The number of pyridine rings is 1. The first-order valence-electron chi connectivity index (χ1n) is 9.11. The zero-order valence-electron chi connectivity index (χ0n) is 16.1. The number of carbonyl (C=O) groups is 1. The Balaban J connectivity index is 0.00000136. The molecule has 28 heavy (non-hydrogen) atoms. The van der Waals surface area contributed by atoms with Crippen molar-refractivity contribution in [2.45, 2.75) is 19.3 Å². The van der Waals surface area contributed by atoms with Crippen LogP contribution in [0.3, 0.4) is 0 Å². The molecule has 146 valence electrons. The number of carboxylic acid groups (broad SMARTS) is 1. The van der Waals surface area contributed by atoms with Crippen molar-refractivity contribution in [3.05, 3.63) is 85.2 Å². The zero-order chi connectivity index (χ0) is 20.5. The van der Waals surface area contributed by atoms with E-state index >= 15 is 0 Å². The minimum atomic E-state index is -0.963. The number of aromatic nitrogens is 1. The predicted molar refractivity (Wildman–Crippen MR) is 114 cm³/mol. The molecule has 0 bridgehead atoms. The summed E-state index contributed by atoms with van der Waals surface area (Å²) in [7, 11) is 0. The number of nitrogens with zero attached hydrogens (tertiary/aromatic N) is 1. The van der Waals surface area contributed by atoms with Crippen molar-refractivity contribution in [3.8, 4) is 5.75 Å². The average molecular weight is 378 g/mol. The van der Waals surface area contributed by atoms with Crippen LogP contribution in [0.4, 0.5) is 5.69 Å². The summed E-state index contributed by atoms with van der Waals surface area (Å²) in [5.74, 6) is 0.161. The summed E-state index contributed by atoms with van der Waals surface area (Å²) >= 11 is 0. The third kappa shape index (κ3) is 4.68. The van der Waals surface area contributed by atoms with Gasteiger partial charge in [0.1, 0.15) is 5.75 Å². The molecule has 0 aliphatic carbocycles. The zero-order valence-corrected chi connectivity index (χ0v) is 16.1. The molecule has 1 aromatic carbocycles. The Morgan fingerprint density at radius 3 is 2.86 bits per heavy atom. The van der Waals surface area contributed by atoms with Crippen LogP contribution in [-0.2, 0) is 0 Å². The van der Waals surface area contributed by atoms with Crippen molar-refractivity contribution in [2.24, 2.45) is 0 Å². The van der Waals surface area contributed by atoms with Crippen LogP contribution in [0.25, 0.3) is 5.57 Å². The van der Waals surface area contributed by atoms with Gasteiger partial charge in [-0.05, 0) is 42.2 Å². The van der Waals surface area contributed by atoms with Gasteiger partial charge in [0.15, 0.2) is 0 Å². The molecule has 0 radical (unpaired) electrons. The highest BCUT2D eigenvalue weighted by atomic mass is 16.5. The van der Waals surface area contributed by atoms with E-state index in [2.05, 4.69) is 42.2 Å². The normalized spacial score (nSPS) is 15.3. The predicted octanol–water partition coefficient (Wildman–Crippen LogP) is 5.15. The van der Waals surface area contributed by atoms with Crippen molar-refractivity contribution in [2.75, 3.05) is 18.5 Å². The van der Waals surface area contributed by atoms with Gasteiger partial charge in [-0.25, -0.2) is 4.79 Å². The van der Waals surface area contributed by atoms with Crippen LogP contribution in [0.1, 0.15) is 40.7 Å². The van der Waals surface area contributed by atoms with Crippen LogP contribution in [0.2, 0.25) is 0 Å². The second kappa shape index (κ2) is 10.1. The summed E-state index contributed by atoms with van der Waals surface area (Å²) in [4.78, 5) is 15.3. The molecular formula is C23H26N2O3. The summed E-state index contributed by atoms with van der Waals surface area (Å²) in [6, 6.07) is 7.71. The van der Waals surface area contributed by atoms with Gasteiger partial charge in [-0.2, -0.15) is 0 Å². The van der Waals surface area contributed by atoms with Crippen molar-refractivity contribution in [3.63, 3.8) is 0 Å². The standard InChI is InChI=1S/C21H22N2O3.C2H4/c1-3-14(4-2)15-5-6-17-16(8-10-26-20(17)11-15)12-23-19-13-22-9-7-18(19)21(24)25;1-2/h3-7,9,11,13,16,23H,1,8,10,12H2,2H3,(H,24,25);1-2H2/b14-4+;. The van der Waals surface area contributed by atoms with Crippen LogP contribution in [0.15, 0.2) is 68.5 Å². The number of hydrogen-bond acceptors (Lipinski definition) is 4. The molecule has 0 amide bonds. The Bertz CT molecular complexity index is 874. The van der Waals surface area contributed by atoms with E-state index in [9.17, 15) is 9.90 Å². The quantitative estimate of drug-likeness (QED) is 0.537. The lowest BCUT2D eigenvalue weighted by Crippen LogP contribution is -2.21. The molecule has 0 spiro atoms. The van der Waals surface area contributed by atoms with Gasteiger partial charge in [0, 0.05) is 18.7 Å². The van der Waals surface area contributed by atoms with Gasteiger partial charge < -0.3 is 15.2 Å². The summed E-state index contributed by atoms with van der Waals surface area (Å²) in [6.45, 7) is 13.1. The third-order valence-corrected chi connectivity index (χ3v) is 4.63. The van der Waals surface area contributed by atoms with E-state index in [-0.39, 0.29) is 11.5 Å². The van der Waals surface area contributed by atoms with Gasteiger partial charge in [0.05, 0.1) is 24.1 Å². The number of benzene rings is 1. The molecule has 1 unspecified atom stereocenters. The molecule has 1 aliphatic heterocycles. The van der Waals surface area contributed by atoms with E-state index < -0.39 is 5.97 Å². The van der Waals surface area contributed by atoms with Crippen LogP contribution >= 0.6 is 0 Å². The number of fused-ring (bicyclic) bond motifs is 1. The summed E-state index contributed by atoms with van der Waals surface area (Å²) in [5, 5.41) is 12.5. The molecule has 0 saturated carbocycles. The van der Waals surface area contributed by atoms with Crippen LogP contribution in [-0.4, -0.2) is 29.2 Å². The number of anilines is 1. The first kappa shape index (κ1) is 21.0. The molecule has 5 nitrogen and oxygen atoms in total. The molecule has 2 heterocycles. The lowest BCUT2D eigenvalue weighted by atomic mass is 9.91. The molecule has 1 atom stereocenters. The Morgan fingerprint density at radius 2 is 2.18 bits per heavy atom. The molecular weight excluding hydrogens is 352 g/mol. The molecule has 2 N–H and O–H groups in total. The van der Waals surface area contributed by atoms with Crippen LogP contribution < -0.4 is 10.1 Å². The highest BCUT2D eigenvalue weighted by Crippen LogP contribution is 2.36. The molecule has 1 aliphatic rings. The molecule has 0 saturated heterocycles. The Labute approximate surface area is 166 Å². The Kier molecular flexibility index (Phi) is 7.57. The Morgan fingerprint density at radius 1 is 1.39 bits per heavy atom. The second-order valence-electron chi connectivity index (χ2n) is 6.14. The van der Waals surface area contributed by atoms with Crippen LogP contribution in [0.5, 0.6) is 5.75 Å². The van der Waals surface area contributed by atoms with Crippen LogP contribution in [0, 0.1) is 0 Å². The number of nitrogens with one attached hydrogen (secondary N) is 1. The topological polar surface area (TPSA) is 71.5 Å². The maximum Gasteiger partial charge on any atom is 0.337 e. The summed E-state index contributed by atoms with van der Waals surface area (Å²) in [5.41, 5.74) is 4.04. The SMILES string of the molecule is C=C.C=C/C(=C\C)c1ccc2c(c1)OCCC2CNc1cnccc1C(=O)O. The first-order chi connectivity index (χ1) is 13.6. The number of aromatic carboxylic acids is 1. The molecule has 5 heteroatoms. The average Bonchev–Trinajstić information content (AvgIpc) is 2.74. The van der Waals surface area contributed by atoms with E-state index in [1.807, 2.05) is 25.1 Å². The van der Waals surface area contributed by atoms with Gasteiger partial charge in [0.25, 0.3) is 0 Å². The summed E-state index contributed by atoms with van der Waals surface area (Å²) in [6.07, 6.45) is 7.76. The molecule has 1 aromatic heterocycles. The van der Waals surface area contributed by atoms with Gasteiger partial charge in [-0.3, -0.25) is 4.98 Å². The number of allylic oxidation sites excluding steroid dienone is 3. The highest BCUT2D eigenvalue weighted by Gasteiger charge is 2.22. The number of ether oxygens (including phenoxy) is 1. The lowest BCUT2D eigenvalue weighted by molar-refractivity contribution is 0.0697.